The van der Waals surface area contributed by atoms with E-state index in [4.69, 9.17) is 16.7 Å². The van der Waals surface area contributed by atoms with Crippen molar-refractivity contribution in [3.8, 4) is 0 Å². The van der Waals surface area contributed by atoms with Crippen LogP contribution in [-0.4, -0.2) is 114 Å². The zero-order chi connectivity index (χ0) is 24.5. The normalized spacial score (nSPS) is 15.8. The number of piperazine rings is 1. The Kier molecular flexibility index (Phi) is 9.16. The van der Waals surface area contributed by atoms with E-state index in [0.29, 0.717) is 10.7 Å². The third-order valence-corrected chi connectivity index (χ3v) is 7.78. The quantitative estimate of drug-likeness (QED) is 0.393. The van der Waals surface area contributed by atoms with E-state index in [2.05, 4.69) is 32.4 Å². The van der Waals surface area contributed by atoms with Crippen LogP contribution in [0, 0.1) is 0 Å². The fourth-order valence-electron chi connectivity index (χ4n) is 4.74. The third-order valence-electron chi connectivity index (χ3n) is 6.61. The van der Waals surface area contributed by atoms with Crippen LogP contribution in [0.1, 0.15) is 24.0 Å². The molecule has 1 saturated heterocycles. The van der Waals surface area contributed by atoms with E-state index in [1.165, 1.54) is 21.6 Å². The Morgan fingerprint density at radius 1 is 1.08 bits per heavy atom. The molecule has 0 atom stereocenters. The summed E-state index contributed by atoms with van der Waals surface area (Å²) in [6.45, 7) is 4.53. The van der Waals surface area contributed by atoms with Crippen molar-refractivity contribution < 1.29 is 19.5 Å². The van der Waals surface area contributed by atoms with E-state index in [1.807, 2.05) is 12.1 Å². The van der Waals surface area contributed by atoms with Gasteiger partial charge in [0.2, 0.25) is 11.8 Å². The summed E-state index contributed by atoms with van der Waals surface area (Å²) in [5.41, 5.74) is 2.19. The number of aromatic nitrogens is 1. The molecule has 2 aliphatic heterocycles. The molecule has 5 rings (SSSR count). The predicted octanol–water partition coefficient (Wildman–Crippen LogP) is 2.68. The molecule has 2 amide bonds. The molecule has 0 bridgehead atoms. The molecule has 0 aliphatic carbocycles. The molecule has 1 aromatic heterocycles. The van der Waals surface area contributed by atoms with Crippen LogP contribution in [0.3, 0.4) is 0 Å². The second-order valence-electron chi connectivity index (χ2n) is 8.85. The Labute approximate surface area is 258 Å². The predicted molar refractivity (Wildman–Crippen MR) is 145 cm³/mol. The Balaban J connectivity index is 0.00000304. The van der Waals surface area contributed by atoms with E-state index in [0.717, 1.165) is 61.0 Å². The van der Waals surface area contributed by atoms with Crippen LogP contribution in [0.15, 0.2) is 36.4 Å². The van der Waals surface area contributed by atoms with E-state index < -0.39 is 11.9 Å². The number of hydrogen-bond acceptors (Lipinski definition) is 7. The van der Waals surface area contributed by atoms with Crippen molar-refractivity contribution in [3.05, 3.63) is 52.5 Å². The van der Waals surface area contributed by atoms with Crippen LogP contribution < -0.4 is 9.80 Å². The summed E-state index contributed by atoms with van der Waals surface area (Å²) in [7, 11) is 0. The average Bonchev–Trinajstić information content (AvgIpc) is 3.41. The molecule has 186 valence electrons. The first-order valence-electron chi connectivity index (χ1n) is 11.6. The van der Waals surface area contributed by atoms with Gasteiger partial charge in [0, 0.05) is 49.6 Å². The van der Waals surface area contributed by atoms with Gasteiger partial charge in [0.15, 0.2) is 0 Å². The minimum atomic E-state index is -1.07. The van der Waals surface area contributed by atoms with Crippen molar-refractivity contribution in [2.75, 3.05) is 42.5 Å². The number of nitrogens with zero attached hydrogens (tertiary/aromatic N) is 4. The minimum absolute atomic E-state index is 0. The number of carbonyl (C=O) groups excluding carboxylic acids is 2. The van der Waals surface area contributed by atoms with E-state index >= 15 is 0 Å². The summed E-state index contributed by atoms with van der Waals surface area (Å²) in [4.78, 5) is 41.5. The number of anilines is 2. The number of carboxylic acids is 1. The molecule has 0 spiro atoms. The number of carbonyl (C=O) groups is 3. The number of carboxylic acid groups (broad SMARTS) is 1. The first-order chi connectivity index (χ1) is 16.9. The molecular weight excluding hydrogens is 625 g/mol. The Hall–Kier alpha value is -1.44. The second kappa shape index (κ2) is 12.0. The number of imide groups is 1. The van der Waals surface area contributed by atoms with Gasteiger partial charge >= 0.3 is 54.9 Å². The second-order valence-corrected chi connectivity index (χ2v) is 10.1. The number of amides is 2. The van der Waals surface area contributed by atoms with Gasteiger partial charge in [-0.15, -0.1) is 0 Å². The average molecular weight is 652 g/mol. The molecule has 2 aromatic carbocycles. The van der Waals surface area contributed by atoms with Crippen LogP contribution >= 0.6 is 23.1 Å². The van der Waals surface area contributed by atoms with Gasteiger partial charge in [-0.1, -0.05) is 29.8 Å². The third kappa shape index (κ3) is 5.83. The Morgan fingerprint density at radius 3 is 2.58 bits per heavy atom. The van der Waals surface area contributed by atoms with Gasteiger partial charge in [-0.3, -0.25) is 19.3 Å². The number of halogens is 1. The fraction of sp³-hybridized carbons (Fsp3) is 0.360. The molecule has 11 heteroatoms. The summed E-state index contributed by atoms with van der Waals surface area (Å²) in [5.74, 6) is -0.849. The number of benzene rings is 2. The van der Waals surface area contributed by atoms with Gasteiger partial charge in [0.25, 0.3) is 0 Å². The van der Waals surface area contributed by atoms with Crippen molar-refractivity contribution in [1.82, 2.24) is 9.27 Å². The summed E-state index contributed by atoms with van der Waals surface area (Å²) < 4.78 is 5.88. The Bertz CT molecular complexity index is 1310. The van der Waals surface area contributed by atoms with Crippen molar-refractivity contribution in [2.45, 2.75) is 25.7 Å². The molecule has 0 unspecified atom stereocenters. The molecule has 0 radical (unpaired) electrons. The maximum atomic E-state index is 12.5. The molecule has 2 aliphatic rings. The van der Waals surface area contributed by atoms with Gasteiger partial charge in [0.1, 0.15) is 5.82 Å². The van der Waals surface area contributed by atoms with Gasteiger partial charge in [-0.05, 0) is 47.3 Å². The fourth-order valence-corrected chi connectivity index (χ4v) is 5.79. The first kappa shape index (κ1) is 27.6. The number of rotatable bonds is 7. The number of hydrogen-bond donors (Lipinski definition) is 1. The van der Waals surface area contributed by atoms with Crippen molar-refractivity contribution >= 4 is 111 Å². The molecule has 8 nitrogen and oxygen atoms in total. The summed E-state index contributed by atoms with van der Waals surface area (Å²) in [6, 6.07) is 11.9. The zero-order valence-corrected chi connectivity index (χ0v) is 20.6. The number of aliphatic carboxylic acids is 1. The molecule has 1 N–H and O–H groups in total. The molecule has 3 heterocycles. The van der Waals surface area contributed by atoms with Crippen molar-refractivity contribution in [3.63, 3.8) is 0 Å². The standard InChI is InChI=1S/C25H25ClN4O4S.Ba.2H/c26-19-15-20-17(14-23(32)30(20)22(31)5-6-24(33)34)13-16(19)7-8-28-9-11-29(12-10-28)25-18-3-1-2-4-21(18)35-27-25;;;/h1-4,13,15H,5-12,14H2,(H,33,34);;;. The van der Waals surface area contributed by atoms with Crippen LogP contribution in [0.5, 0.6) is 0 Å². The van der Waals surface area contributed by atoms with Gasteiger partial charge in [0.05, 0.1) is 23.2 Å². The maximum absolute atomic E-state index is 12.5. The van der Waals surface area contributed by atoms with Crippen molar-refractivity contribution in [1.29, 1.82) is 0 Å². The molecule has 0 saturated carbocycles. The topological polar surface area (TPSA) is 94.0 Å². The molecule has 36 heavy (non-hydrogen) atoms. The summed E-state index contributed by atoms with van der Waals surface area (Å²) in [6.07, 6.45) is 0.337. The zero-order valence-electron chi connectivity index (χ0n) is 19.1. The monoisotopic (exact) mass is 652 g/mol. The van der Waals surface area contributed by atoms with Gasteiger partial charge in [-0.25, -0.2) is 4.90 Å². The molecule has 3 aromatic rings. The number of fused-ring (bicyclic) bond motifs is 2. The van der Waals surface area contributed by atoms with E-state index in [1.54, 1.807) is 6.07 Å². The van der Waals surface area contributed by atoms with Crippen LogP contribution in [0.4, 0.5) is 11.5 Å². The van der Waals surface area contributed by atoms with Gasteiger partial charge < -0.3 is 10.0 Å². The van der Waals surface area contributed by atoms with Crippen LogP contribution in [-0.2, 0) is 27.2 Å². The summed E-state index contributed by atoms with van der Waals surface area (Å²) in [5, 5.41) is 10.6. The summed E-state index contributed by atoms with van der Waals surface area (Å²) >= 11 is 8.08. The SMILES string of the molecule is O=C(O)CCC(=O)N1C(=O)Cc2cc(CCN3CCN(c4nsc5ccccc45)CC3)c(Cl)cc21.[BaH2]. The Morgan fingerprint density at radius 2 is 1.83 bits per heavy atom. The first-order valence-corrected chi connectivity index (χ1v) is 12.8. The van der Waals surface area contributed by atoms with Gasteiger partial charge in [-0.2, -0.15) is 4.37 Å². The van der Waals surface area contributed by atoms with E-state index in [-0.39, 0.29) is 74.1 Å². The van der Waals surface area contributed by atoms with Crippen molar-refractivity contribution in [2.24, 2.45) is 0 Å². The van der Waals surface area contributed by atoms with Crippen LogP contribution in [0.25, 0.3) is 10.1 Å². The molecule has 1 fully saturated rings. The molecular formula is C25H27BaClN4O4S. The van der Waals surface area contributed by atoms with E-state index in [9.17, 15) is 14.4 Å². The van der Waals surface area contributed by atoms with Crippen LogP contribution in [0.2, 0.25) is 5.02 Å².